The molecule has 0 fully saturated rings. The highest BCUT2D eigenvalue weighted by atomic mass is 32.2. The molecule has 2 aromatic heterocycles. The van der Waals surface area contributed by atoms with Crippen LogP contribution in [0, 0.1) is 11.6 Å². The molecule has 0 atom stereocenters. The lowest BCUT2D eigenvalue weighted by Gasteiger charge is -2.07. The van der Waals surface area contributed by atoms with Crippen molar-refractivity contribution in [3.63, 3.8) is 0 Å². The van der Waals surface area contributed by atoms with Crippen LogP contribution in [0.5, 0.6) is 0 Å². The van der Waals surface area contributed by atoms with Crippen molar-refractivity contribution in [3.8, 4) is 0 Å². The van der Waals surface area contributed by atoms with E-state index in [1.807, 2.05) is 0 Å². The number of nitrogens with zero attached hydrogens (tertiary/aromatic N) is 2. The topological polar surface area (TPSA) is 68.5 Å². The second-order valence-electron chi connectivity index (χ2n) is 6.79. The first-order valence-electron chi connectivity index (χ1n) is 9.09. The maximum absolute atomic E-state index is 13.4. The smallest absolute Gasteiger partial charge is 0.206 e. The third-order valence-electron chi connectivity index (χ3n) is 4.73. The van der Waals surface area contributed by atoms with E-state index in [4.69, 9.17) is 0 Å². The summed E-state index contributed by atoms with van der Waals surface area (Å²) in [6.07, 6.45) is 5.81. The van der Waals surface area contributed by atoms with E-state index < -0.39 is 26.4 Å². The van der Waals surface area contributed by atoms with Crippen LogP contribution in [0.25, 0.3) is 5.65 Å². The van der Waals surface area contributed by atoms with Gasteiger partial charge < -0.3 is 4.40 Å². The molecule has 8 heteroatoms. The molecule has 5 nitrogen and oxygen atoms in total. The summed E-state index contributed by atoms with van der Waals surface area (Å²) in [6.45, 7) is 0. The molecular weight excluding hydrogens is 410 g/mol. The number of carbonyl (C=O) groups excluding carboxylic acids is 1. The molecular formula is C22H16F2N2O3S. The van der Waals surface area contributed by atoms with Crippen molar-refractivity contribution in [2.24, 2.45) is 0 Å². The van der Waals surface area contributed by atoms with Crippen LogP contribution in [0.15, 0.2) is 83.0 Å². The quantitative estimate of drug-likeness (QED) is 0.432. The van der Waals surface area contributed by atoms with Crippen LogP contribution in [0.4, 0.5) is 8.78 Å². The van der Waals surface area contributed by atoms with E-state index in [1.165, 1.54) is 12.1 Å². The van der Waals surface area contributed by atoms with Crippen molar-refractivity contribution in [1.29, 1.82) is 0 Å². The van der Waals surface area contributed by atoms with Gasteiger partial charge in [0.2, 0.25) is 9.84 Å². The average Bonchev–Trinajstić information content (AvgIpc) is 3.19. The van der Waals surface area contributed by atoms with Gasteiger partial charge in [-0.2, -0.15) is 0 Å². The summed E-state index contributed by atoms with van der Waals surface area (Å²) in [7, 11) is -4.05. The van der Waals surface area contributed by atoms with Gasteiger partial charge in [0.05, 0.1) is 9.79 Å². The van der Waals surface area contributed by atoms with Crippen LogP contribution in [0.3, 0.4) is 0 Å². The zero-order valence-corrected chi connectivity index (χ0v) is 16.4. The number of benzene rings is 2. The molecule has 152 valence electrons. The lowest BCUT2D eigenvalue weighted by Crippen LogP contribution is -2.05. The van der Waals surface area contributed by atoms with E-state index >= 15 is 0 Å². The zero-order valence-electron chi connectivity index (χ0n) is 15.6. The van der Waals surface area contributed by atoms with Crippen LogP contribution in [0.1, 0.15) is 22.3 Å². The molecule has 0 radical (unpaired) electrons. The fourth-order valence-electron chi connectivity index (χ4n) is 3.14. The van der Waals surface area contributed by atoms with Crippen molar-refractivity contribution in [1.82, 2.24) is 9.38 Å². The van der Waals surface area contributed by atoms with Gasteiger partial charge in [-0.15, -0.1) is 0 Å². The fourth-order valence-corrected chi connectivity index (χ4v) is 4.44. The number of imidazole rings is 1. The zero-order chi connectivity index (χ0) is 21.3. The molecule has 4 aromatic rings. The Labute approximate surface area is 171 Å². The molecule has 30 heavy (non-hydrogen) atoms. The number of halogens is 2. The number of sulfone groups is 1. The highest BCUT2D eigenvalue weighted by molar-refractivity contribution is 7.91. The van der Waals surface area contributed by atoms with E-state index in [9.17, 15) is 22.0 Å². The molecule has 2 heterocycles. The minimum Gasteiger partial charge on any atom is -0.306 e. The molecule has 0 saturated carbocycles. The Morgan fingerprint density at radius 3 is 2.33 bits per heavy atom. The van der Waals surface area contributed by atoms with Gasteiger partial charge in [-0.3, -0.25) is 4.79 Å². The summed E-state index contributed by atoms with van der Waals surface area (Å²) in [4.78, 5) is 16.1. The maximum atomic E-state index is 13.4. The number of aryl methyl sites for hydroxylation is 1. The Bertz CT molecular complexity index is 1330. The SMILES string of the molecule is O=C(CCc1ccc(S(=O)(=O)c2cc(F)cc(F)c2)cc1)c1ccc2nccn2c1. The number of ketones is 1. The molecule has 0 bridgehead atoms. The highest BCUT2D eigenvalue weighted by Gasteiger charge is 2.19. The molecule has 4 rings (SSSR count). The number of rotatable bonds is 6. The lowest BCUT2D eigenvalue weighted by atomic mass is 10.0. The van der Waals surface area contributed by atoms with Crippen LogP contribution < -0.4 is 0 Å². The van der Waals surface area contributed by atoms with Gasteiger partial charge in [-0.25, -0.2) is 22.2 Å². The third kappa shape index (κ3) is 3.99. The van der Waals surface area contributed by atoms with Crippen LogP contribution in [-0.2, 0) is 16.3 Å². The monoisotopic (exact) mass is 426 g/mol. The number of Topliss-reactive ketones (excluding diaryl/α,β-unsaturated/α-hetero) is 1. The number of hydrogen-bond donors (Lipinski definition) is 0. The Morgan fingerprint density at radius 1 is 0.933 bits per heavy atom. The van der Waals surface area contributed by atoms with E-state index in [-0.39, 0.29) is 17.1 Å². The van der Waals surface area contributed by atoms with Gasteiger partial charge >= 0.3 is 0 Å². The molecule has 0 unspecified atom stereocenters. The fraction of sp³-hybridized carbons (Fsp3) is 0.0909. The molecule has 0 spiro atoms. The van der Waals surface area contributed by atoms with E-state index in [2.05, 4.69) is 4.98 Å². The summed E-state index contributed by atoms with van der Waals surface area (Å²) in [5.41, 5.74) is 2.09. The highest BCUT2D eigenvalue weighted by Crippen LogP contribution is 2.23. The van der Waals surface area contributed by atoms with E-state index in [0.717, 1.165) is 23.3 Å². The number of aromatic nitrogens is 2. The minimum absolute atomic E-state index is 0.0439. The minimum atomic E-state index is -4.05. The van der Waals surface area contributed by atoms with Crippen LogP contribution in [-0.4, -0.2) is 23.6 Å². The number of hydrogen-bond acceptors (Lipinski definition) is 4. The molecule has 2 aromatic carbocycles. The number of fused-ring (bicyclic) bond motifs is 1. The Hall–Kier alpha value is -3.39. The van der Waals surface area contributed by atoms with Gasteiger partial charge in [0, 0.05) is 36.6 Å². The van der Waals surface area contributed by atoms with Crippen molar-refractivity contribution in [2.45, 2.75) is 22.6 Å². The molecule has 0 aliphatic carbocycles. The van der Waals surface area contributed by atoms with Gasteiger partial charge in [0.15, 0.2) is 5.78 Å². The molecule has 0 amide bonds. The van der Waals surface area contributed by atoms with Crippen molar-refractivity contribution in [2.75, 3.05) is 0 Å². The molecule has 0 saturated heterocycles. The Kier molecular flexibility index (Phi) is 5.17. The van der Waals surface area contributed by atoms with Crippen molar-refractivity contribution in [3.05, 3.63) is 95.9 Å². The second kappa shape index (κ2) is 7.79. The number of pyridine rings is 1. The summed E-state index contributed by atoms with van der Waals surface area (Å²) in [6, 6.07) is 11.6. The van der Waals surface area contributed by atoms with Gasteiger partial charge in [-0.1, -0.05) is 12.1 Å². The number of carbonyl (C=O) groups is 1. The van der Waals surface area contributed by atoms with Crippen LogP contribution >= 0.6 is 0 Å². The first-order valence-corrected chi connectivity index (χ1v) is 10.6. The molecule has 0 N–H and O–H groups in total. The van der Waals surface area contributed by atoms with E-state index in [1.54, 1.807) is 47.3 Å². The van der Waals surface area contributed by atoms with Crippen molar-refractivity contribution < 1.29 is 22.0 Å². The van der Waals surface area contributed by atoms with Gasteiger partial charge in [0.1, 0.15) is 17.3 Å². The molecule has 0 aliphatic heterocycles. The largest absolute Gasteiger partial charge is 0.306 e. The first kappa shape index (κ1) is 19.9. The van der Waals surface area contributed by atoms with Crippen molar-refractivity contribution >= 4 is 21.3 Å². The standard InChI is InChI=1S/C22H16F2N2O3S/c23-17-11-18(24)13-20(12-17)30(28,29)19-5-1-15(2-6-19)3-7-21(27)16-4-8-22-25-9-10-26(22)14-16/h1-2,4-6,8-14H,3,7H2. The summed E-state index contributed by atoms with van der Waals surface area (Å²) >= 11 is 0. The second-order valence-corrected chi connectivity index (χ2v) is 8.74. The van der Waals surface area contributed by atoms with Crippen LogP contribution in [0.2, 0.25) is 0 Å². The van der Waals surface area contributed by atoms with Gasteiger partial charge in [-0.05, 0) is 48.4 Å². The first-order chi connectivity index (χ1) is 14.3. The van der Waals surface area contributed by atoms with Gasteiger partial charge in [0.25, 0.3) is 0 Å². The normalized spacial score (nSPS) is 11.7. The summed E-state index contributed by atoms with van der Waals surface area (Å²) < 4.78 is 53.7. The summed E-state index contributed by atoms with van der Waals surface area (Å²) in [5, 5.41) is 0. The Balaban J connectivity index is 1.47. The lowest BCUT2D eigenvalue weighted by molar-refractivity contribution is 0.0982. The summed E-state index contributed by atoms with van der Waals surface area (Å²) in [5.74, 6) is -1.97. The maximum Gasteiger partial charge on any atom is 0.206 e. The average molecular weight is 426 g/mol. The molecule has 0 aliphatic rings. The third-order valence-corrected chi connectivity index (χ3v) is 6.48. The Morgan fingerprint density at radius 2 is 1.63 bits per heavy atom. The predicted molar refractivity (Wildman–Crippen MR) is 106 cm³/mol. The van der Waals surface area contributed by atoms with E-state index in [0.29, 0.717) is 18.1 Å². The predicted octanol–water partition coefficient (Wildman–Crippen LogP) is 4.26.